The maximum absolute atomic E-state index is 15.2. The zero-order chi connectivity index (χ0) is 28.3. The number of hydrogen-bond donors (Lipinski definition) is 0. The van der Waals surface area contributed by atoms with Gasteiger partial charge in [-0.25, -0.2) is 13.2 Å². The monoisotopic (exact) mass is 550 g/mol. The highest BCUT2D eigenvalue weighted by atomic mass is 19.2. The van der Waals surface area contributed by atoms with Crippen molar-refractivity contribution in [1.82, 2.24) is 0 Å². The molecule has 0 amide bonds. The summed E-state index contributed by atoms with van der Waals surface area (Å²) in [5.74, 6) is -1.26. The fourth-order valence-corrected chi connectivity index (χ4v) is 5.88. The maximum atomic E-state index is 15.2. The minimum atomic E-state index is -0.817. The predicted octanol–water partition coefficient (Wildman–Crippen LogP) is 11.4. The average molecular weight is 551 g/mol. The first kappa shape index (κ1) is 30.4. The number of unbranched alkanes of at least 4 members (excludes halogenated alkanes) is 7. The van der Waals surface area contributed by atoms with Crippen LogP contribution in [0.3, 0.4) is 0 Å². The van der Waals surface area contributed by atoms with Crippen LogP contribution in [-0.2, 0) is 11.2 Å². The van der Waals surface area contributed by atoms with Crippen molar-refractivity contribution in [2.75, 3.05) is 6.61 Å². The highest BCUT2D eigenvalue weighted by Crippen LogP contribution is 2.35. The third-order valence-corrected chi connectivity index (χ3v) is 8.42. The Labute approximate surface area is 239 Å². The van der Waals surface area contributed by atoms with Gasteiger partial charge in [0.25, 0.3) is 0 Å². The Morgan fingerprint density at radius 1 is 0.675 bits per heavy atom. The van der Waals surface area contributed by atoms with Gasteiger partial charge in [-0.15, -0.1) is 0 Å². The van der Waals surface area contributed by atoms with Crippen molar-refractivity contribution in [2.24, 2.45) is 5.92 Å². The molecule has 2 atom stereocenters. The van der Waals surface area contributed by atoms with E-state index in [1.807, 2.05) is 6.07 Å². The van der Waals surface area contributed by atoms with Gasteiger partial charge in [-0.1, -0.05) is 114 Å². The molecule has 1 aliphatic rings. The van der Waals surface area contributed by atoms with Gasteiger partial charge in [0.05, 0.1) is 12.7 Å². The zero-order valence-corrected chi connectivity index (χ0v) is 24.3. The summed E-state index contributed by atoms with van der Waals surface area (Å²) in [7, 11) is 0. The number of rotatable bonds is 14. The van der Waals surface area contributed by atoms with E-state index in [9.17, 15) is 8.78 Å². The van der Waals surface area contributed by atoms with Gasteiger partial charge in [-0.3, -0.25) is 0 Å². The van der Waals surface area contributed by atoms with Crippen molar-refractivity contribution in [2.45, 2.75) is 103 Å². The van der Waals surface area contributed by atoms with E-state index in [1.165, 1.54) is 38.5 Å². The van der Waals surface area contributed by atoms with Crippen LogP contribution in [0, 0.1) is 23.4 Å². The molecule has 40 heavy (non-hydrogen) atoms. The Morgan fingerprint density at radius 3 is 1.98 bits per heavy atom. The van der Waals surface area contributed by atoms with Gasteiger partial charge in [0, 0.05) is 11.1 Å². The van der Waals surface area contributed by atoms with Crippen molar-refractivity contribution >= 4 is 0 Å². The van der Waals surface area contributed by atoms with Crippen LogP contribution in [0.15, 0.2) is 54.6 Å². The van der Waals surface area contributed by atoms with Gasteiger partial charge in [0.15, 0.2) is 11.6 Å². The lowest BCUT2D eigenvalue weighted by molar-refractivity contribution is -0.0200. The van der Waals surface area contributed by atoms with E-state index in [0.29, 0.717) is 34.6 Å². The molecule has 1 heterocycles. The molecule has 0 saturated carbocycles. The zero-order valence-electron chi connectivity index (χ0n) is 24.3. The van der Waals surface area contributed by atoms with Crippen molar-refractivity contribution in [3.05, 3.63) is 83.2 Å². The van der Waals surface area contributed by atoms with Crippen molar-refractivity contribution in [3.8, 4) is 22.3 Å². The molecule has 3 aromatic carbocycles. The highest BCUT2D eigenvalue weighted by molar-refractivity contribution is 5.71. The summed E-state index contributed by atoms with van der Waals surface area (Å²) < 4.78 is 51.0. The second-order valence-corrected chi connectivity index (χ2v) is 11.5. The predicted molar refractivity (Wildman–Crippen MR) is 160 cm³/mol. The molecule has 1 nitrogen and oxygen atoms in total. The standard InChI is InChI=1S/C36H45F3O/c1-3-5-7-9-10-12-26-14-23-34(40-25-26)30-20-21-31(33(37)24-30)27-15-17-28(18-16-27)32-22-19-29(35(38)36(32)39)13-11-8-6-4-2/h15-22,24,26,34H,3-14,23,25H2,1-2H3. The van der Waals surface area contributed by atoms with E-state index in [1.54, 1.807) is 48.5 Å². The van der Waals surface area contributed by atoms with Crippen LogP contribution in [-0.4, -0.2) is 6.61 Å². The summed E-state index contributed by atoms with van der Waals surface area (Å²) in [6, 6.07) is 15.7. The molecule has 0 N–H and O–H groups in total. The molecule has 1 fully saturated rings. The van der Waals surface area contributed by atoms with E-state index in [4.69, 9.17) is 4.74 Å². The van der Waals surface area contributed by atoms with Crippen LogP contribution in [0.4, 0.5) is 13.2 Å². The molecule has 0 radical (unpaired) electrons. The largest absolute Gasteiger partial charge is 0.373 e. The molecular weight excluding hydrogens is 505 g/mol. The maximum Gasteiger partial charge on any atom is 0.166 e. The molecule has 0 spiro atoms. The van der Waals surface area contributed by atoms with Gasteiger partial charge in [-0.05, 0) is 66.3 Å². The number of aryl methyl sites for hydroxylation is 1. The summed E-state index contributed by atoms with van der Waals surface area (Å²) in [5, 5.41) is 0. The van der Waals surface area contributed by atoms with Gasteiger partial charge < -0.3 is 4.74 Å². The SMILES string of the molecule is CCCCCCCC1CCC(c2ccc(-c3ccc(-c4ccc(CCCCCC)c(F)c4F)cc3)c(F)c2)OC1. The van der Waals surface area contributed by atoms with E-state index >= 15 is 4.39 Å². The van der Waals surface area contributed by atoms with Gasteiger partial charge in [0.2, 0.25) is 0 Å². The lowest BCUT2D eigenvalue weighted by Crippen LogP contribution is -2.20. The van der Waals surface area contributed by atoms with Crippen molar-refractivity contribution in [1.29, 1.82) is 0 Å². The Kier molecular flexibility index (Phi) is 11.7. The van der Waals surface area contributed by atoms with Crippen LogP contribution in [0.25, 0.3) is 22.3 Å². The lowest BCUT2D eigenvalue weighted by Gasteiger charge is -2.29. The lowest BCUT2D eigenvalue weighted by atomic mass is 9.90. The molecule has 216 valence electrons. The van der Waals surface area contributed by atoms with Gasteiger partial charge in [0.1, 0.15) is 5.82 Å². The Balaban J connectivity index is 1.36. The molecule has 1 aliphatic heterocycles. The van der Waals surface area contributed by atoms with Crippen LogP contribution in [0.5, 0.6) is 0 Å². The first-order valence-corrected chi connectivity index (χ1v) is 15.5. The molecule has 0 aromatic heterocycles. The second-order valence-electron chi connectivity index (χ2n) is 11.5. The van der Waals surface area contributed by atoms with E-state index in [-0.39, 0.29) is 17.5 Å². The second kappa shape index (κ2) is 15.4. The average Bonchev–Trinajstić information content (AvgIpc) is 2.98. The Bertz CT molecular complexity index is 1200. The summed E-state index contributed by atoms with van der Waals surface area (Å²) in [6.07, 6.45) is 14.3. The molecule has 0 bridgehead atoms. The van der Waals surface area contributed by atoms with Crippen LogP contribution in [0.2, 0.25) is 0 Å². The van der Waals surface area contributed by atoms with Crippen LogP contribution >= 0.6 is 0 Å². The van der Waals surface area contributed by atoms with Gasteiger partial charge >= 0.3 is 0 Å². The highest BCUT2D eigenvalue weighted by Gasteiger charge is 2.23. The number of ether oxygens (including phenoxy) is 1. The first-order valence-electron chi connectivity index (χ1n) is 15.5. The number of benzene rings is 3. The van der Waals surface area contributed by atoms with Gasteiger partial charge in [-0.2, -0.15) is 0 Å². The smallest absolute Gasteiger partial charge is 0.166 e. The summed E-state index contributed by atoms with van der Waals surface area (Å²) in [4.78, 5) is 0. The molecule has 1 saturated heterocycles. The minimum Gasteiger partial charge on any atom is -0.373 e. The topological polar surface area (TPSA) is 9.23 Å². The van der Waals surface area contributed by atoms with E-state index in [0.717, 1.165) is 50.7 Å². The summed E-state index contributed by atoms with van der Waals surface area (Å²) in [6.45, 7) is 5.11. The molecule has 4 heteroatoms. The third-order valence-electron chi connectivity index (χ3n) is 8.42. The first-order chi connectivity index (χ1) is 19.5. The molecular formula is C36H45F3O. The minimum absolute atomic E-state index is 0.0604. The molecule has 0 aliphatic carbocycles. The van der Waals surface area contributed by atoms with Crippen LogP contribution < -0.4 is 0 Å². The number of hydrogen-bond acceptors (Lipinski definition) is 1. The summed E-state index contributed by atoms with van der Waals surface area (Å²) in [5.41, 5.74) is 3.30. The number of halogens is 3. The Morgan fingerprint density at radius 2 is 1.32 bits per heavy atom. The fraction of sp³-hybridized carbons (Fsp3) is 0.500. The fourth-order valence-electron chi connectivity index (χ4n) is 5.88. The van der Waals surface area contributed by atoms with Crippen molar-refractivity contribution in [3.63, 3.8) is 0 Å². The third kappa shape index (κ3) is 8.00. The molecule has 3 aromatic rings. The Hall–Kier alpha value is -2.59. The van der Waals surface area contributed by atoms with Crippen molar-refractivity contribution < 1.29 is 17.9 Å². The molecule has 4 rings (SSSR count). The van der Waals surface area contributed by atoms with E-state index in [2.05, 4.69) is 13.8 Å². The normalized spacial score (nSPS) is 17.3. The molecule has 2 unspecified atom stereocenters. The van der Waals surface area contributed by atoms with Crippen LogP contribution in [0.1, 0.15) is 108 Å². The quantitative estimate of drug-likeness (QED) is 0.181. The van der Waals surface area contributed by atoms with E-state index < -0.39 is 11.6 Å². The summed E-state index contributed by atoms with van der Waals surface area (Å²) >= 11 is 0.